The van der Waals surface area contributed by atoms with E-state index in [1.54, 1.807) is 7.05 Å². The zero-order valence-corrected chi connectivity index (χ0v) is 8.93. The average Bonchev–Trinajstić information content (AvgIpc) is 2.02. The second kappa shape index (κ2) is 3.00. The first kappa shape index (κ1) is 9.99. The molecule has 4 heteroatoms. The SMILES string of the molecule is CC(C)[C@@H]1[C@H](C)CS(=O)(=O)N1C. The van der Waals surface area contributed by atoms with Gasteiger partial charge < -0.3 is 0 Å². The van der Waals surface area contributed by atoms with E-state index < -0.39 is 10.0 Å². The molecule has 12 heavy (non-hydrogen) atoms. The summed E-state index contributed by atoms with van der Waals surface area (Å²) in [5.74, 6) is 0.981. The standard InChI is InChI=1S/C8H17NO2S/c1-6(2)8-7(3)5-12(10,11)9(8)4/h6-8H,5H2,1-4H3/t7-,8-/m1/s1. The van der Waals surface area contributed by atoms with E-state index in [1.807, 2.05) is 6.92 Å². The Bertz CT molecular complexity index is 258. The summed E-state index contributed by atoms with van der Waals surface area (Å²) >= 11 is 0. The number of hydrogen-bond acceptors (Lipinski definition) is 2. The highest BCUT2D eigenvalue weighted by Crippen LogP contribution is 2.29. The largest absolute Gasteiger partial charge is 0.214 e. The number of rotatable bonds is 1. The van der Waals surface area contributed by atoms with Crippen molar-refractivity contribution >= 4 is 10.0 Å². The Morgan fingerprint density at radius 2 is 1.92 bits per heavy atom. The van der Waals surface area contributed by atoms with Crippen LogP contribution in [0.3, 0.4) is 0 Å². The summed E-state index contributed by atoms with van der Waals surface area (Å²) in [5.41, 5.74) is 0. The van der Waals surface area contributed by atoms with E-state index in [4.69, 9.17) is 0 Å². The van der Waals surface area contributed by atoms with Gasteiger partial charge in [-0.05, 0) is 11.8 Å². The normalized spacial score (nSPS) is 36.1. The molecule has 0 bridgehead atoms. The number of nitrogens with zero attached hydrogens (tertiary/aromatic N) is 1. The first-order valence-corrected chi connectivity index (χ1v) is 5.93. The predicted molar refractivity (Wildman–Crippen MR) is 49.3 cm³/mol. The van der Waals surface area contributed by atoms with E-state index >= 15 is 0 Å². The Hall–Kier alpha value is -0.0900. The molecule has 1 heterocycles. The molecule has 0 radical (unpaired) electrons. The Morgan fingerprint density at radius 3 is 2.08 bits per heavy atom. The maximum atomic E-state index is 11.4. The van der Waals surface area contributed by atoms with Gasteiger partial charge in [-0.15, -0.1) is 0 Å². The topological polar surface area (TPSA) is 37.4 Å². The number of hydrogen-bond donors (Lipinski definition) is 0. The smallest absolute Gasteiger partial charge is 0.212 e. The van der Waals surface area contributed by atoms with Crippen LogP contribution in [0.25, 0.3) is 0 Å². The summed E-state index contributed by atoms with van der Waals surface area (Å²) in [5, 5.41) is 0. The molecule has 0 amide bonds. The molecule has 3 nitrogen and oxygen atoms in total. The molecule has 1 fully saturated rings. The van der Waals surface area contributed by atoms with Gasteiger partial charge in [0.05, 0.1) is 5.75 Å². The van der Waals surface area contributed by atoms with Gasteiger partial charge in [-0.25, -0.2) is 12.7 Å². The second-order valence-corrected chi connectivity index (χ2v) is 6.08. The van der Waals surface area contributed by atoms with Crippen LogP contribution in [0.5, 0.6) is 0 Å². The fraction of sp³-hybridized carbons (Fsp3) is 1.00. The van der Waals surface area contributed by atoms with Crippen LogP contribution in [-0.4, -0.2) is 31.6 Å². The van der Waals surface area contributed by atoms with E-state index in [1.165, 1.54) is 4.31 Å². The van der Waals surface area contributed by atoms with Gasteiger partial charge in [0, 0.05) is 13.1 Å². The third-order valence-corrected chi connectivity index (χ3v) is 4.67. The average molecular weight is 191 g/mol. The van der Waals surface area contributed by atoms with Gasteiger partial charge in [0.25, 0.3) is 0 Å². The van der Waals surface area contributed by atoms with Crippen LogP contribution in [0.2, 0.25) is 0 Å². The van der Waals surface area contributed by atoms with Crippen molar-refractivity contribution in [1.29, 1.82) is 0 Å². The maximum absolute atomic E-state index is 11.4. The van der Waals surface area contributed by atoms with Crippen LogP contribution in [-0.2, 0) is 10.0 Å². The lowest BCUT2D eigenvalue weighted by atomic mass is 9.94. The summed E-state index contributed by atoms with van der Waals surface area (Å²) in [7, 11) is -1.25. The second-order valence-electron chi connectivity index (χ2n) is 4.01. The molecule has 1 aliphatic heterocycles. The highest BCUT2D eigenvalue weighted by Gasteiger charge is 2.41. The molecule has 0 unspecified atom stereocenters. The molecule has 1 rings (SSSR count). The molecular weight excluding hydrogens is 174 g/mol. The molecule has 0 saturated carbocycles. The third-order valence-electron chi connectivity index (χ3n) is 2.60. The van der Waals surface area contributed by atoms with Crippen molar-refractivity contribution in [2.24, 2.45) is 11.8 Å². The monoisotopic (exact) mass is 191 g/mol. The quantitative estimate of drug-likeness (QED) is 0.618. The third kappa shape index (κ3) is 1.50. The minimum Gasteiger partial charge on any atom is -0.212 e. The van der Waals surface area contributed by atoms with Gasteiger partial charge in [-0.2, -0.15) is 0 Å². The van der Waals surface area contributed by atoms with Crippen molar-refractivity contribution in [3.05, 3.63) is 0 Å². The fourth-order valence-corrected chi connectivity index (χ4v) is 4.09. The van der Waals surface area contributed by atoms with Crippen molar-refractivity contribution in [3.63, 3.8) is 0 Å². The predicted octanol–water partition coefficient (Wildman–Crippen LogP) is 0.922. The molecule has 2 atom stereocenters. The Kier molecular flexibility index (Phi) is 2.50. The molecule has 0 aromatic heterocycles. The van der Waals surface area contributed by atoms with Crippen LogP contribution in [0.1, 0.15) is 20.8 Å². The molecule has 0 aromatic carbocycles. The van der Waals surface area contributed by atoms with Crippen LogP contribution in [0.4, 0.5) is 0 Å². The van der Waals surface area contributed by atoms with Gasteiger partial charge in [-0.3, -0.25) is 0 Å². The Balaban J connectivity index is 2.93. The lowest BCUT2D eigenvalue weighted by molar-refractivity contribution is 0.264. The van der Waals surface area contributed by atoms with Gasteiger partial charge in [0.1, 0.15) is 0 Å². The van der Waals surface area contributed by atoms with Gasteiger partial charge in [-0.1, -0.05) is 20.8 Å². The van der Waals surface area contributed by atoms with Crippen molar-refractivity contribution < 1.29 is 8.42 Å². The molecule has 0 aliphatic carbocycles. The zero-order valence-electron chi connectivity index (χ0n) is 8.11. The molecule has 72 valence electrons. The minimum absolute atomic E-state index is 0.190. The van der Waals surface area contributed by atoms with E-state index in [0.29, 0.717) is 11.7 Å². The Labute approximate surface area is 74.8 Å². The Morgan fingerprint density at radius 1 is 1.42 bits per heavy atom. The molecule has 1 saturated heterocycles. The molecular formula is C8H17NO2S. The van der Waals surface area contributed by atoms with Gasteiger partial charge >= 0.3 is 0 Å². The highest BCUT2D eigenvalue weighted by atomic mass is 32.2. The summed E-state index contributed by atoms with van der Waals surface area (Å²) in [6, 6.07) is 0.190. The zero-order chi connectivity index (χ0) is 9.52. The maximum Gasteiger partial charge on any atom is 0.214 e. The molecule has 0 N–H and O–H groups in total. The highest BCUT2D eigenvalue weighted by molar-refractivity contribution is 7.89. The van der Waals surface area contributed by atoms with Crippen LogP contribution < -0.4 is 0 Å². The van der Waals surface area contributed by atoms with Crippen LogP contribution in [0.15, 0.2) is 0 Å². The van der Waals surface area contributed by atoms with E-state index in [9.17, 15) is 8.42 Å². The van der Waals surface area contributed by atoms with Crippen LogP contribution >= 0.6 is 0 Å². The van der Waals surface area contributed by atoms with Gasteiger partial charge in [0.15, 0.2) is 0 Å². The van der Waals surface area contributed by atoms with Gasteiger partial charge in [0.2, 0.25) is 10.0 Å². The van der Waals surface area contributed by atoms with Crippen molar-refractivity contribution in [2.45, 2.75) is 26.8 Å². The first-order chi connectivity index (χ1) is 5.36. The first-order valence-electron chi connectivity index (χ1n) is 4.32. The summed E-state index contributed by atoms with van der Waals surface area (Å²) in [4.78, 5) is 0. The van der Waals surface area contributed by atoms with E-state index in [2.05, 4.69) is 13.8 Å². The lowest BCUT2D eigenvalue weighted by Crippen LogP contribution is -2.35. The molecule has 1 aliphatic rings. The van der Waals surface area contributed by atoms with Crippen molar-refractivity contribution in [1.82, 2.24) is 4.31 Å². The molecule has 0 aromatic rings. The van der Waals surface area contributed by atoms with Crippen molar-refractivity contribution in [2.75, 3.05) is 12.8 Å². The number of sulfonamides is 1. The van der Waals surface area contributed by atoms with Crippen LogP contribution in [0, 0.1) is 11.8 Å². The summed E-state index contributed by atoms with van der Waals surface area (Å²) in [6.45, 7) is 6.14. The summed E-state index contributed by atoms with van der Waals surface area (Å²) in [6.07, 6.45) is 0. The van der Waals surface area contributed by atoms with E-state index in [0.717, 1.165) is 0 Å². The van der Waals surface area contributed by atoms with Crippen molar-refractivity contribution in [3.8, 4) is 0 Å². The summed E-state index contributed by atoms with van der Waals surface area (Å²) < 4.78 is 24.4. The molecule has 0 spiro atoms. The fourth-order valence-electron chi connectivity index (χ4n) is 2.17. The lowest BCUT2D eigenvalue weighted by Gasteiger charge is -2.24. The minimum atomic E-state index is -2.94. The van der Waals surface area contributed by atoms with E-state index in [-0.39, 0.29) is 12.0 Å².